The fraction of sp³-hybridized carbons (Fsp3) is 0.308. The Morgan fingerprint density at radius 1 is 1.47 bits per heavy atom. The van der Waals surface area contributed by atoms with E-state index in [-0.39, 0.29) is 0 Å². The van der Waals surface area contributed by atoms with Gasteiger partial charge in [-0.3, -0.25) is 4.99 Å². The Hall–Kier alpha value is -1.57. The minimum Gasteiger partial charge on any atom is -0.404 e. The SMILES string of the molecule is CCc1ccc(/C(C=NC)=C/N)cc1C. The highest BCUT2D eigenvalue weighted by atomic mass is 14.6. The third-order valence-electron chi connectivity index (χ3n) is 2.50. The van der Waals surface area contributed by atoms with Gasteiger partial charge in [0.05, 0.1) is 0 Å². The number of nitrogens with zero attached hydrogens (tertiary/aromatic N) is 1. The van der Waals surface area contributed by atoms with Crippen molar-refractivity contribution >= 4 is 11.8 Å². The van der Waals surface area contributed by atoms with Crippen LogP contribution in [0.5, 0.6) is 0 Å². The van der Waals surface area contributed by atoms with Gasteiger partial charge in [-0.25, -0.2) is 0 Å². The highest BCUT2D eigenvalue weighted by molar-refractivity contribution is 6.09. The lowest BCUT2D eigenvalue weighted by atomic mass is 9.99. The van der Waals surface area contributed by atoms with Crippen LogP contribution in [-0.4, -0.2) is 13.3 Å². The standard InChI is InChI=1S/C13H18N2/c1-4-11-5-6-12(7-10(11)2)13(8-14)9-15-3/h5-9H,4,14H2,1-3H3/b13-8+,15-9?. The second-order valence-electron chi connectivity index (χ2n) is 3.50. The molecule has 15 heavy (non-hydrogen) atoms. The smallest absolute Gasteiger partial charge is 0.0301 e. The van der Waals surface area contributed by atoms with Gasteiger partial charge in [0.2, 0.25) is 0 Å². The van der Waals surface area contributed by atoms with Gasteiger partial charge in [0.1, 0.15) is 0 Å². The van der Waals surface area contributed by atoms with Crippen LogP contribution in [0, 0.1) is 6.92 Å². The van der Waals surface area contributed by atoms with Crippen molar-refractivity contribution in [1.82, 2.24) is 0 Å². The summed E-state index contributed by atoms with van der Waals surface area (Å²) in [6.45, 7) is 4.29. The molecule has 0 radical (unpaired) electrons. The fourth-order valence-corrected chi connectivity index (χ4v) is 1.63. The van der Waals surface area contributed by atoms with Gasteiger partial charge in [-0.15, -0.1) is 0 Å². The summed E-state index contributed by atoms with van der Waals surface area (Å²) in [5.41, 5.74) is 10.3. The average molecular weight is 202 g/mol. The van der Waals surface area contributed by atoms with E-state index in [1.165, 1.54) is 11.1 Å². The first-order valence-corrected chi connectivity index (χ1v) is 5.16. The summed E-state index contributed by atoms with van der Waals surface area (Å²) >= 11 is 0. The highest BCUT2D eigenvalue weighted by Crippen LogP contribution is 2.17. The minimum atomic E-state index is 0.961. The number of hydrogen-bond donors (Lipinski definition) is 1. The van der Waals surface area contributed by atoms with Crippen LogP contribution in [0.2, 0.25) is 0 Å². The zero-order valence-corrected chi connectivity index (χ0v) is 9.62. The summed E-state index contributed by atoms with van der Waals surface area (Å²) in [5.74, 6) is 0. The Labute approximate surface area is 91.5 Å². The summed E-state index contributed by atoms with van der Waals surface area (Å²) in [6, 6.07) is 6.39. The van der Waals surface area contributed by atoms with Crippen LogP contribution in [-0.2, 0) is 6.42 Å². The van der Waals surface area contributed by atoms with E-state index in [4.69, 9.17) is 5.73 Å². The second-order valence-corrected chi connectivity index (χ2v) is 3.50. The van der Waals surface area contributed by atoms with Crippen LogP contribution in [0.25, 0.3) is 5.57 Å². The predicted molar refractivity (Wildman–Crippen MR) is 67.1 cm³/mol. The quantitative estimate of drug-likeness (QED) is 0.752. The van der Waals surface area contributed by atoms with Gasteiger partial charge in [0.25, 0.3) is 0 Å². The molecule has 80 valence electrons. The molecule has 0 unspecified atom stereocenters. The van der Waals surface area contributed by atoms with Gasteiger partial charge in [0.15, 0.2) is 0 Å². The van der Waals surface area contributed by atoms with Crippen LogP contribution in [0.4, 0.5) is 0 Å². The molecule has 0 heterocycles. The summed E-state index contributed by atoms with van der Waals surface area (Å²) in [6.07, 6.45) is 4.43. The Balaban J connectivity index is 3.11. The fourth-order valence-electron chi connectivity index (χ4n) is 1.63. The molecule has 1 aromatic carbocycles. The molecule has 0 aliphatic rings. The Kier molecular flexibility index (Phi) is 4.10. The topological polar surface area (TPSA) is 38.4 Å². The molecule has 2 N–H and O–H groups in total. The number of aliphatic imine (C=N–C) groups is 1. The third-order valence-corrected chi connectivity index (χ3v) is 2.50. The first-order chi connectivity index (χ1) is 7.22. The van der Waals surface area contributed by atoms with E-state index in [1.807, 2.05) is 0 Å². The molecule has 2 heteroatoms. The second kappa shape index (κ2) is 5.35. The lowest BCUT2D eigenvalue weighted by molar-refractivity contribution is 1.11. The van der Waals surface area contributed by atoms with E-state index in [2.05, 4.69) is 37.0 Å². The lowest BCUT2D eigenvalue weighted by Gasteiger charge is -2.06. The molecular weight excluding hydrogens is 184 g/mol. The first-order valence-electron chi connectivity index (χ1n) is 5.16. The van der Waals surface area contributed by atoms with E-state index in [0.717, 1.165) is 17.6 Å². The molecule has 1 rings (SSSR count). The average Bonchev–Trinajstić information content (AvgIpc) is 2.25. The molecule has 0 aliphatic carbocycles. The number of hydrogen-bond acceptors (Lipinski definition) is 2. The molecule has 0 aliphatic heterocycles. The van der Waals surface area contributed by atoms with Crippen molar-refractivity contribution in [3.8, 4) is 0 Å². The summed E-state index contributed by atoms with van der Waals surface area (Å²) in [7, 11) is 1.75. The van der Waals surface area contributed by atoms with Crippen molar-refractivity contribution in [3.63, 3.8) is 0 Å². The van der Waals surface area contributed by atoms with Crippen LogP contribution in [0.3, 0.4) is 0 Å². The van der Waals surface area contributed by atoms with Crippen LogP contribution >= 0.6 is 0 Å². The van der Waals surface area contributed by atoms with E-state index in [1.54, 1.807) is 19.5 Å². The number of allylic oxidation sites excluding steroid dienone is 1. The summed E-state index contributed by atoms with van der Waals surface area (Å²) in [4.78, 5) is 3.98. The van der Waals surface area contributed by atoms with Gasteiger partial charge in [-0.1, -0.05) is 25.1 Å². The predicted octanol–water partition coefficient (Wildman–Crippen LogP) is 2.56. The van der Waals surface area contributed by atoms with Crippen molar-refractivity contribution in [3.05, 3.63) is 41.1 Å². The van der Waals surface area contributed by atoms with Gasteiger partial charge in [-0.2, -0.15) is 0 Å². The van der Waals surface area contributed by atoms with Gasteiger partial charge in [-0.05, 0) is 30.0 Å². The van der Waals surface area contributed by atoms with E-state index in [9.17, 15) is 0 Å². The normalized spacial score (nSPS) is 12.3. The monoisotopic (exact) mass is 202 g/mol. The zero-order chi connectivity index (χ0) is 11.3. The van der Waals surface area contributed by atoms with E-state index < -0.39 is 0 Å². The maximum absolute atomic E-state index is 5.56. The van der Waals surface area contributed by atoms with Crippen LogP contribution in [0.15, 0.2) is 29.4 Å². The molecule has 2 nitrogen and oxygen atoms in total. The maximum Gasteiger partial charge on any atom is 0.0301 e. The lowest BCUT2D eigenvalue weighted by Crippen LogP contribution is -1.94. The minimum absolute atomic E-state index is 0.961. The largest absolute Gasteiger partial charge is 0.404 e. The van der Waals surface area contributed by atoms with Gasteiger partial charge >= 0.3 is 0 Å². The molecule has 0 saturated carbocycles. The first kappa shape index (κ1) is 11.5. The summed E-state index contributed by atoms with van der Waals surface area (Å²) in [5, 5.41) is 0. The Bertz CT molecular complexity index is 390. The van der Waals surface area contributed by atoms with Crippen LogP contribution < -0.4 is 5.73 Å². The zero-order valence-electron chi connectivity index (χ0n) is 9.62. The molecule has 0 saturated heterocycles. The van der Waals surface area contributed by atoms with Crippen molar-refractivity contribution in [2.75, 3.05) is 7.05 Å². The molecule has 0 amide bonds. The molecule has 0 atom stereocenters. The van der Waals surface area contributed by atoms with Crippen LogP contribution in [0.1, 0.15) is 23.6 Å². The Morgan fingerprint density at radius 3 is 2.67 bits per heavy atom. The van der Waals surface area contributed by atoms with E-state index in [0.29, 0.717) is 0 Å². The highest BCUT2D eigenvalue weighted by Gasteiger charge is 2.01. The molecule has 0 fully saturated rings. The van der Waals surface area contributed by atoms with Crippen molar-refractivity contribution < 1.29 is 0 Å². The third kappa shape index (κ3) is 2.69. The van der Waals surface area contributed by atoms with Gasteiger partial charge < -0.3 is 5.73 Å². The molecular formula is C13H18N2. The number of benzene rings is 1. The molecule has 0 aromatic heterocycles. The van der Waals surface area contributed by atoms with Crippen molar-refractivity contribution in [2.45, 2.75) is 20.3 Å². The van der Waals surface area contributed by atoms with E-state index >= 15 is 0 Å². The molecule has 0 bridgehead atoms. The van der Waals surface area contributed by atoms with Crippen molar-refractivity contribution in [2.24, 2.45) is 10.7 Å². The number of rotatable bonds is 3. The van der Waals surface area contributed by atoms with Crippen molar-refractivity contribution in [1.29, 1.82) is 0 Å². The Morgan fingerprint density at radius 2 is 2.20 bits per heavy atom. The van der Waals surface area contributed by atoms with Gasteiger partial charge in [0, 0.05) is 25.0 Å². The summed E-state index contributed by atoms with van der Waals surface area (Å²) < 4.78 is 0. The number of aryl methyl sites for hydroxylation is 2. The molecule has 0 spiro atoms. The maximum atomic E-state index is 5.56. The molecule has 1 aromatic rings. The number of nitrogens with two attached hydrogens (primary N) is 1.